The van der Waals surface area contributed by atoms with Gasteiger partial charge >= 0.3 is 0 Å². The van der Waals surface area contributed by atoms with Crippen LogP contribution in [-0.2, 0) is 26.2 Å². The van der Waals surface area contributed by atoms with Crippen LogP contribution in [0, 0.1) is 12.7 Å². The van der Waals surface area contributed by atoms with Gasteiger partial charge in [0.2, 0.25) is 11.8 Å². The lowest BCUT2D eigenvalue weighted by atomic mass is 10.1. The van der Waals surface area contributed by atoms with E-state index in [2.05, 4.69) is 5.32 Å². The molecule has 0 heterocycles. The van der Waals surface area contributed by atoms with Crippen LogP contribution in [0.3, 0.4) is 0 Å². The Morgan fingerprint density at radius 1 is 1.02 bits per heavy atom. The number of hydrogen-bond acceptors (Lipinski definition) is 5. The van der Waals surface area contributed by atoms with Crippen molar-refractivity contribution in [2.75, 3.05) is 24.5 Å². The third-order valence-electron chi connectivity index (χ3n) is 6.52. The molecule has 10 heteroatoms. The van der Waals surface area contributed by atoms with Gasteiger partial charge in [-0.25, -0.2) is 12.8 Å². The number of anilines is 1. The van der Waals surface area contributed by atoms with Crippen molar-refractivity contribution in [3.63, 3.8) is 0 Å². The number of hydrogen-bond donors (Lipinski definition) is 1. The molecule has 2 amide bonds. The summed E-state index contributed by atoms with van der Waals surface area (Å²) in [5.74, 6) is -1.20. The quantitative estimate of drug-likeness (QED) is 0.302. The summed E-state index contributed by atoms with van der Waals surface area (Å²) in [6.07, 6.45) is 1.64. The van der Waals surface area contributed by atoms with E-state index in [-0.39, 0.29) is 22.7 Å². The molecule has 0 fully saturated rings. The molecule has 40 heavy (non-hydrogen) atoms. The highest BCUT2D eigenvalue weighted by molar-refractivity contribution is 7.92. The third-order valence-corrected chi connectivity index (χ3v) is 8.31. The number of benzene rings is 3. The number of carbonyl (C=O) groups is 2. The zero-order valence-corrected chi connectivity index (χ0v) is 24.1. The van der Waals surface area contributed by atoms with E-state index in [0.29, 0.717) is 12.3 Å². The number of sulfonamides is 1. The molecule has 0 bridgehead atoms. The van der Waals surface area contributed by atoms with Gasteiger partial charge in [-0.1, -0.05) is 55.3 Å². The Morgan fingerprint density at radius 3 is 2.38 bits per heavy atom. The Kier molecular flexibility index (Phi) is 10.7. The number of ether oxygens (including phenoxy) is 1. The van der Waals surface area contributed by atoms with Gasteiger partial charge < -0.3 is 15.0 Å². The molecule has 3 rings (SSSR count). The van der Waals surface area contributed by atoms with E-state index in [9.17, 15) is 22.4 Å². The highest BCUT2D eigenvalue weighted by Gasteiger charge is 2.33. The number of rotatable bonds is 13. The maximum atomic E-state index is 14.6. The topological polar surface area (TPSA) is 96.0 Å². The summed E-state index contributed by atoms with van der Waals surface area (Å²) < 4.78 is 48.6. The molecule has 3 aromatic rings. The fourth-order valence-corrected chi connectivity index (χ4v) is 5.47. The summed E-state index contributed by atoms with van der Waals surface area (Å²) in [6, 6.07) is 17.6. The van der Waals surface area contributed by atoms with Crippen molar-refractivity contribution < 1.29 is 27.1 Å². The Labute approximate surface area is 235 Å². The molecule has 0 aliphatic carbocycles. The predicted molar refractivity (Wildman–Crippen MR) is 153 cm³/mol. The van der Waals surface area contributed by atoms with Crippen LogP contribution in [-0.4, -0.2) is 51.4 Å². The highest BCUT2D eigenvalue weighted by atomic mass is 32.2. The van der Waals surface area contributed by atoms with Crippen molar-refractivity contribution in [3.05, 3.63) is 89.7 Å². The molecule has 0 saturated carbocycles. The molecular formula is C30H36FN3O5S. The predicted octanol–water partition coefficient (Wildman–Crippen LogP) is 4.67. The summed E-state index contributed by atoms with van der Waals surface area (Å²) in [5, 5.41) is 2.81. The van der Waals surface area contributed by atoms with E-state index in [1.54, 1.807) is 43.3 Å². The Morgan fingerprint density at radius 2 is 1.73 bits per heavy atom. The van der Waals surface area contributed by atoms with Crippen LogP contribution in [0.15, 0.2) is 77.7 Å². The van der Waals surface area contributed by atoms with Crippen molar-refractivity contribution in [1.29, 1.82) is 0 Å². The zero-order chi connectivity index (χ0) is 29.3. The molecule has 0 spiro atoms. The first kappa shape index (κ1) is 30.6. The molecule has 1 unspecified atom stereocenters. The van der Waals surface area contributed by atoms with Gasteiger partial charge in [-0.15, -0.1) is 0 Å². The average molecular weight is 570 g/mol. The number of methoxy groups -OCH3 is 1. The van der Waals surface area contributed by atoms with Gasteiger partial charge in [-0.3, -0.25) is 13.9 Å². The van der Waals surface area contributed by atoms with Crippen LogP contribution in [0.2, 0.25) is 0 Å². The number of aryl methyl sites for hydroxylation is 1. The first-order valence-corrected chi connectivity index (χ1v) is 14.6. The van der Waals surface area contributed by atoms with Gasteiger partial charge in [-0.05, 0) is 50.6 Å². The van der Waals surface area contributed by atoms with Crippen LogP contribution >= 0.6 is 0 Å². The average Bonchev–Trinajstić information content (AvgIpc) is 2.95. The van der Waals surface area contributed by atoms with Crippen molar-refractivity contribution in [2.45, 2.75) is 51.1 Å². The monoisotopic (exact) mass is 569 g/mol. The minimum Gasteiger partial charge on any atom is -0.497 e. The molecule has 0 aliphatic rings. The second kappa shape index (κ2) is 13.9. The maximum Gasteiger partial charge on any atom is 0.264 e. The first-order chi connectivity index (χ1) is 19.1. The van der Waals surface area contributed by atoms with Gasteiger partial charge in [0.15, 0.2) is 0 Å². The number of nitrogens with one attached hydrogen (secondary N) is 1. The van der Waals surface area contributed by atoms with Crippen LogP contribution in [0.25, 0.3) is 0 Å². The molecule has 0 radical (unpaired) electrons. The van der Waals surface area contributed by atoms with E-state index >= 15 is 0 Å². The molecule has 8 nitrogen and oxygen atoms in total. The second-order valence-corrected chi connectivity index (χ2v) is 11.3. The van der Waals surface area contributed by atoms with Crippen molar-refractivity contribution >= 4 is 27.5 Å². The van der Waals surface area contributed by atoms with E-state index in [0.717, 1.165) is 22.7 Å². The van der Waals surface area contributed by atoms with E-state index in [1.165, 1.54) is 48.4 Å². The highest BCUT2D eigenvalue weighted by Crippen LogP contribution is 2.28. The van der Waals surface area contributed by atoms with Crippen LogP contribution in [0.4, 0.5) is 10.1 Å². The number of nitrogens with zero attached hydrogens (tertiary/aromatic N) is 2. The summed E-state index contributed by atoms with van der Waals surface area (Å²) in [5.41, 5.74) is 1.29. The van der Waals surface area contributed by atoms with Crippen LogP contribution in [0.1, 0.15) is 37.8 Å². The molecular weight excluding hydrogens is 533 g/mol. The number of unbranched alkanes of at least 4 members (excludes halogenated alkanes) is 1. The second-order valence-electron chi connectivity index (χ2n) is 9.46. The molecule has 0 saturated heterocycles. The van der Waals surface area contributed by atoms with Gasteiger partial charge in [0.1, 0.15) is 24.2 Å². The van der Waals surface area contributed by atoms with Gasteiger partial charge in [-0.2, -0.15) is 0 Å². The number of halogens is 1. The van der Waals surface area contributed by atoms with E-state index < -0.39 is 40.2 Å². The van der Waals surface area contributed by atoms with E-state index in [1.807, 2.05) is 13.8 Å². The van der Waals surface area contributed by atoms with Crippen molar-refractivity contribution in [2.24, 2.45) is 0 Å². The Bertz CT molecular complexity index is 1410. The van der Waals surface area contributed by atoms with Gasteiger partial charge in [0, 0.05) is 24.7 Å². The minimum atomic E-state index is -4.21. The van der Waals surface area contributed by atoms with Gasteiger partial charge in [0.05, 0.1) is 17.7 Å². The molecule has 1 atom stereocenters. The summed E-state index contributed by atoms with van der Waals surface area (Å²) in [4.78, 5) is 28.1. The van der Waals surface area contributed by atoms with Crippen molar-refractivity contribution in [1.82, 2.24) is 10.2 Å². The first-order valence-electron chi connectivity index (χ1n) is 13.1. The fourth-order valence-electron chi connectivity index (χ4n) is 4.06. The molecule has 0 aliphatic heterocycles. The number of carbonyl (C=O) groups excluding carboxylic acids is 2. The summed E-state index contributed by atoms with van der Waals surface area (Å²) in [6.45, 7) is 4.97. The summed E-state index contributed by atoms with van der Waals surface area (Å²) >= 11 is 0. The lowest BCUT2D eigenvalue weighted by Gasteiger charge is -2.32. The lowest BCUT2D eigenvalue weighted by Crippen LogP contribution is -2.51. The molecule has 3 aromatic carbocycles. The minimum absolute atomic E-state index is 0.000249. The number of amides is 2. The van der Waals surface area contributed by atoms with Crippen molar-refractivity contribution in [3.8, 4) is 5.75 Å². The smallest absolute Gasteiger partial charge is 0.264 e. The maximum absolute atomic E-state index is 14.6. The zero-order valence-electron chi connectivity index (χ0n) is 23.3. The Balaban J connectivity index is 2.03. The standard InChI is InChI=1S/C30H36FN3O5S/c1-5-6-18-32-30(36)23(3)33(20-24-10-7-8-13-28(24)31)29(35)21-34(25-11-9-12-26(19-25)39-4)40(37,38)27-16-14-22(2)15-17-27/h7-17,19,23H,5-6,18,20-21H2,1-4H3,(H,32,36). The third kappa shape index (κ3) is 7.59. The SMILES string of the molecule is CCCCNC(=O)C(C)N(Cc1ccccc1F)C(=O)CN(c1cccc(OC)c1)S(=O)(=O)c1ccc(C)cc1. The van der Waals surface area contributed by atoms with E-state index in [4.69, 9.17) is 4.74 Å². The van der Waals surface area contributed by atoms with Gasteiger partial charge in [0.25, 0.3) is 10.0 Å². The Hall–Kier alpha value is -3.92. The molecule has 0 aromatic heterocycles. The molecule has 1 N–H and O–H groups in total. The summed E-state index contributed by atoms with van der Waals surface area (Å²) in [7, 11) is -2.76. The fraction of sp³-hybridized carbons (Fsp3) is 0.333. The van der Waals surface area contributed by atoms with Crippen LogP contribution < -0.4 is 14.4 Å². The molecule has 214 valence electrons. The lowest BCUT2D eigenvalue weighted by molar-refractivity contribution is -0.139. The largest absolute Gasteiger partial charge is 0.497 e. The normalized spacial score (nSPS) is 11.9. The van der Waals surface area contributed by atoms with Crippen LogP contribution in [0.5, 0.6) is 5.75 Å².